The lowest BCUT2D eigenvalue weighted by molar-refractivity contribution is 1.57. The van der Waals surface area contributed by atoms with Gasteiger partial charge in [-0.15, -0.1) is 0 Å². The Hall–Kier alpha value is -2.69. The molecular formula is C24H22Si2. The van der Waals surface area contributed by atoms with Gasteiger partial charge in [0.2, 0.25) is 0 Å². The van der Waals surface area contributed by atoms with E-state index in [1.165, 1.54) is 43.1 Å². The highest BCUT2D eigenvalue weighted by Gasteiger charge is 2.16. The van der Waals surface area contributed by atoms with E-state index in [9.17, 15) is 0 Å². The van der Waals surface area contributed by atoms with Crippen LogP contribution in [0, 0.1) is 0 Å². The van der Waals surface area contributed by atoms with Gasteiger partial charge in [-0.25, -0.2) is 0 Å². The molecular weight excluding hydrogens is 344 g/mol. The molecule has 26 heavy (non-hydrogen) atoms. The molecule has 0 radical (unpaired) electrons. The van der Waals surface area contributed by atoms with Crippen molar-refractivity contribution in [3.05, 3.63) is 103 Å². The molecule has 0 amide bonds. The van der Waals surface area contributed by atoms with Crippen molar-refractivity contribution in [2.75, 3.05) is 0 Å². The van der Waals surface area contributed by atoms with E-state index in [0.29, 0.717) is 0 Å². The second-order valence-corrected chi connectivity index (χ2v) is 10.1. The Labute approximate surface area is 160 Å². The zero-order valence-corrected chi connectivity index (χ0v) is 18.4. The molecule has 0 bridgehead atoms. The normalized spacial score (nSPS) is 11.2. The minimum atomic E-state index is -0.165. The maximum atomic E-state index is 2.39. The molecule has 0 unspecified atom stereocenters. The highest BCUT2D eigenvalue weighted by Crippen LogP contribution is 2.38. The van der Waals surface area contributed by atoms with Crippen LogP contribution in [0.15, 0.2) is 103 Å². The van der Waals surface area contributed by atoms with E-state index in [-0.39, 0.29) is 9.04 Å². The fraction of sp³-hybridized carbons (Fsp3) is 0. The Morgan fingerprint density at radius 1 is 0.462 bits per heavy atom. The lowest BCUT2D eigenvalue weighted by Gasteiger charge is -2.20. The minimum absolute atomic E-state index is 0.165. The second-order valence-electron chi connectivity index (χ2n) is 6.47. The minimum Gasteiger partial charge on any atom is -0.0627 e. The first-order valence-electron chi connectivity index (χ1n) is 9.20. The Morgan fingerprint density at radius 2 is 0.923 bits per heavy atom. The molecule has 0 aliphatic heterocycles. The topological polar surface area (TPSA) is 0 Å². The van der Waals surface area contributed by atoms with Gasteiger partial charge in [0.05, 0.1) is 0 Å². The molecule has 0 nitrogen and oxygen atoms in total. The van der Waals surface area contributed by atoms with E-state index < -0.39 is 0 Å². The summed E-state index contributed by atoms with van der Waals surface area (Å²) in [5, 5.41) is 1.58. The van der Waals surface area contributed by atoms with Crippen LogP contribution < -0.4 is 5.19 Å². The monoisotopic (exact) mass is 366 g/mol. The lowest BCUT2D eigenvalue weighted by atomic mass is 9.87. The van der Waals surface area contributed by atoms with E-state index in [2.05, 4.69) is 103 Å². The van der Waals surface area contributed by atoms with Crippen LogP contribution in [0.1, 0.15) is 0 Å². The summed E-state index contributed by atoms with van der Waals surface area (Å²) in [7, 11) is 1.13. The van der Waals surface area contributed by atoms with Crippen LogP contribution in [-0.4, -0.2) is 18.8 Å². The first-order valence-corrected chi connectivity index (χ1v) is 15.6. The zero-order valence-electron chi connectivity index (χ0n) is 15.0. The summed E-state index contributed by atoms with van der Waals surface area (Å²) in [5.41, 5.74) is 8.07. The molecule has 0 atom stereocenters. The average Bonchev–Trinajstić information content (AvgIpc) is 2.74. The zero-order chi connectivity index (χ0) is 17.8. The van der Waals surface area contributed by atoms with E-state index in [4.69, 9.17) is 0 Å². The third-order valence-electron chi connectivity index (χ3n) is 4.88. The Bertz CT molecular complexity index is 994. The molecule has 0 fully saturated rings. The van der Waals surface area contributed by atoms with Crippen molar-refractivity contribution >= 4 is 24.0 Å². The Balaban J connectivity index is 2.09. The highest BCUT2D eigenvalue weighted by molar-refractivity contribution is 6.98. The summed E-state index contributed by atoms with van der Waals surface area (Å²) in [5.74, 6) is 0. The van der Waals surface area contributed by atoms with E-state index in [1.54, 1.807) is 5.19 Å². The molecule has 0 saturated carbocycles. The molecule has 4 rings (SSSR count). The standard InChI is InChI=1S/C24H22Si2/c25-26-22-17-16-21(18-10-4-1-5-11-18)23(19-12-6-2-7-13-19)24(22)20-14-8-3-9-15-20/h1-17H,26H2,25H3. The number of hydrogen-bond acceptors (Lipinski definition) is 0. The highest BCUT2D eigenvalue weighted by atomic mass is 29.1. The van der Waals surface area contributed by atoms with Gasteiger partial charge in [0.1, 0.15) is 0 Å². The van der Waals surface area contributed by atoms with Crippen molar-refractivity contribution < 1.29 is 0 Å². The Kier molecular flexibility index (Phi) is 4.96. The van der Waals surface area contributed by atoms with Gasteiger partial charge in [0, 0.05) is 9.04 Å². The van der Waals surface area contributed by atoms with Crippen LogP contribution in [0.5, 0.6) is 0 Å². The predicted molar refractivity (Wildman–Crippen MR) is 121 cm³/mol. The molecule has 0 aliphatic carbocycles. The van der Waals surface area contributed by atoms with E-state index in [0.717, 1.165) is 0 Å². The molecule has 0 saturated heterocycles. The molecule has 126 valence electrons. The van der Waals surface area contributed by atoms with Crippen molar-refractivity contribution in [1.29, 1.82) is 0 Å². The summed E-state index contributed by atoms with van der Waals surface area (Å²) in [4.78, 5) is 0. The van der Waals surface area contributed by atoms with Gasteiger partial charge in [-0.1, -0.05) is 108 Å². The van der Waals surface area contributed by atoms with E-state index in [1.807, 2.05) is 0 Å². The van der Waals surface area contributed by atoms with Gasteiger partial charge < -0.3 is 0 Å². The molecule has 4 aromatic rings. The number of benzene rings is 4. The lowest BCUT2D eigenvalue weighted by Crippen LogP contribution is -2.18. The van der Waals surface area contributed by atoms with Gasteiger partial charge in [-0.05, 0) is 43.1 Å². The molecule has 0 heterocycles. The first kappa shape index (κ1) is 16.8. The summed E-state index contributed by atoms with van der Waals surface area (Å²) < 4.78 is 0. The average molecular weight is 367 g/mol. The third kappa shape index (κ3) is 3.21. The van der Waals surface area contributed by atoms with Gasteiger partial charge >= 0.3 is 0 Å². The van der Waals surface area contributed by atoms with E-state index >= 15 is 0 Å². The van der Waals surface area contributed by atoms with Crippen LogP contribution >= 0.6 is 0 Å². The second kappa shape index (κ2) is 7.69. The molecule has 0 spiro atoms. The quantitative estimate of drug-likeness (QED) is 0.483. The summed E-state index contributed by atoms with van der Waals surface area (Å²) in [6.07, 6.45) is 0. The van der Waals surface area contributed by atoms with Gasteiger partial charge in [-0.3, -0.25) is 0 Å². The largest absolute Gasteiger partial charge is 0.0627 e. The van der Waals surface area contributed by atoms with Crippen LogP contribution in [0.2, 0.25) is 0 Å². The van der Waals surface area contributed by atoms with Crippen LogP contribution in [0.3, 0.4) is 0 Å². The summed E-state index contributed by atoms with van der Waals surface area (Å²) in [6.45, 7) is 0. The van der Waals surface area contributed by atoms with Crippen molar-refractivity contribution in [2.24, 2.45) is 0 Å². The first-order chi connectivity index (χ1) is 12.9. The summed E-state index contributed by atoms with van der Waals surface area (Å²) in [6, 6.07) is 37.3. The van der Waals surface area contributed by atoms with Crippen molar-refractivity contribution in [3.8, 4) is 33.4 Å². The van der Waals surface area contributed by atoms with Crippen molar-refractivity contribution in [3.63, 3.8) is 0 Å². The van der Waals surface area contributed by atoms with Crippen LogP contribution in [0.4, 0.5) is 0 Å². The van der Waals surface area contributed by atoms with Crippen LogP contribution in [-0.2, 0) is 0 Å². The molecule has 0 aromatic heterocycles. The molecule has 2 heteroatoms. The molecule has 0 N–H and O–H groups in total. The van der Waals surface area contributed by atoms with Gasteiger partial charge in [-0.2, -0.15) is 0 Å². The SMILES string of the molecule is [SiH3][SiH2]c1ccc(-c2ccccc2)c(-c2ccccc2)c1-c1ccccc1. The summed E-state index contributed by atoms with van der Waals surface area (Å²) >= 11 is 0. The van der Waals surface area contributed by atoms with Crippen molar-refractivity contribution in [2.45, 2.75) is 0 Å². The number of rotatable bonds is 4. The smallest absolute Gasteiger partial charge is 0.0393 e. The molecule has 4 aromatic carbocycles. The molecule has 0 aliphatic rings. The fourth-order valence-corrected chi connectivity index (χ4v) is 6.49. The maximum absolute atomic E-state index is 2.39. The fourth-order valence-electron chi connectivity index (χ4n) is 3.64. The van der Waals surface area contributed by atoms with Crippen LogP contribution in [0.25, 0.3) is 33.4 Å². The third-order valence-corrected chi connectivity index (χ3v) is 8.52. The Morgan fingerprint density at radius 3 is 1.42 bits per heavy atom. The van der Waals surface area contributed by atoms with Gasteiger partial charge in [0.25, 0.3) is 0 Å². The van der Waals surface area contributed by atoms with Gasteiger partial charge in [0.15, 0.2) is 0 Å². The number of hydrogen-bond donors (Lipinski definition) is 0. The van der Waals surface area contributed by atoms with Crippen molar-refractivity contribution in [1.82, 2.24) is 0 Å². The predicted octanol–water partition coefficient (Wildman–Crippen LogP) is 3.76. The maximum Gasteiger partial charge on any atom is 0.0393 e.